The molecule has 0 radical (unpaired) electrons. The van der Waals surface area contributed by atoms with Gasteiger partial charge in [0.15, 0.2) is 0 Å². The van der Waals surface area contributed by atoms with E-state index in [4.69, 9.17) is 0 Å². The van der Waals surface area contributed by atoms with Crippen molar-refractivity contribution < 1.29 is 15.0 Å². The fraction of sp³-hybridized carbons (Fsp3) is 0.891. The van der Waals surface area contributed by atoms with E-state index in [2.05, 4.69) is 43.5 Å². The summed E-state index contributed by atoms with van der Waals surface area (Å²) in [5, 5.41) is 23.1. The summed E-state index contributed by atoms with van der Waals surface area (Å²) in [5.74, 6) is -0.0334. The molecule has 296 valence electrons. The van der Waals surface area contributed by atoms with Crippen LogP contribution in [0.15, 0.2) is 24.3 Å². The molecule has 0 heterocycles. The predicted octanol–water partition coefficient (Wildman–Crippen LogP) is 14.0. The number of carbonyl (C=O) groups excluding carboxylic acids is 1. The van der Waals surface area contributed by atoms with Crippen molar-refractivity contribution in [2.24, 2.45) is 0 Å². The highest BCUT2D eigenvalue weighted by atomic mass is 16.3. The summed E-state index contributed by atoms with van der Waals surface area (Å²) >= 11 is 0. The van der Waals surface area contributed by atoms with Crippen LogP contribution in [-0.2, 0) is 4.79 Å². The number of carbonyl (C=O) groups is 1. The average Bonchev–Trinajstić information content (AvgIpc) is 3.12. The molecule has 0 aliphatic carbocycles. The lowest BCUT2D eigenvalue weighted by atomic mass is 10.0. The summed E-state index contributed by atoms with van der Waals surface area (Å²) in [6.45, 7) is 4.35. The molecule has 4 nitrogen and oxygen atoms in total. The molecule has 0 aromatic heterocycles. The Bertz CT molecular complexity index is 720. The molecule has 0 saturated carbocycles. The topological polar surface area (TPSA) is 69.6 Å². The first-order valence-electron chi connectivity index (χ1n) is 22.5. The first kappa shape index (κ1) is 48.9. The number of aliphatic hydroxyl groups is 2. The Morgan fingerprint density at radius 2 is 0.820 bits per heavy atom. The number of allylic oxidation sites excluding steroid dienone is 4. The highest BCUT2D eigenvalue weighted by Gasteiger charge is 2.20. The number of hydrogen-bond acceptors (Lipinski definition) is 3. The van der Waals surface area contributed by atoms with Gasteiger partial charge in [-0.25, -0.2) is 0 Å². The Labute approximate surface area is 313 Å². The molecule has 0 fully saturated rings. The van der Waals surface area contributed by atoms with Gasteiger partial charge in [-0.1, -0.05) is 218 Å². The Hall–Kier alpha value is -1.13. The number of rotatable bonds is 41. The van der Waals surface area contributed by atoms with Gasteiger partial charge in [0.1, 0.15) is 0 Å². The molecule has 0 spiro atoms. The molecular formula is C46H89NO3. The minimum atomic E-state index is -0.657. The van der Waals surface area contributed by atoms with Crippen LogP contribution in [-0.4, -0.2) is 34.9 Å². The number of unbranched alkanes of at least 4 members (excludes halogenated alkanes) is 30. The SMILES string of the molecule is CCCCCCCCCCC/C=C\C/C=C\CCCCCCCCCCCCCC(=O)NC(CO)C(O)CCCCCCCCCCCCC. The molecule has 2 atom stereocenters. The zero-order valence-electron chi connectivity index (χ0n) is 33.9. The molecule has 0 aliphatic rings. The van der Waals surface area contributed by atoms with Crippen molar-refractivity contribution in [1.29, 1.82) is 0 Å². The van der Waals surface area contributed by atoms with Gasteiger partial charge in [-0.15, -0.1) is 0 Å². The van der Waals surface area contributed by atoms with E-state index in [0.717, 1.165) is 32.1 Å². The minimum absolute atomic E-state index is 0.0334. The molecule has 1 amide bonds. The monoisotopic (exact) mass is 704 g/mol. The Balaban J connectivity index is 3.47. The third kappa shape index (κ3) is 38.1. The highest BCUT2D eigenvalue weighted by Crippen LogP contribution is 2.16. The van der Waals surface area contributed by atoms with E-state index in [9.17, 15) is 15.0 Å². The van der Waals surface area contributed by atoms with Gasteiger partial charge in [-0.3, -0.25) is 4.79 Å². The van der Waals surface area contributed by atoms with Crippen molar-refractivity contribution in [2.75, 3.05) is 6.61 Å². The number of hydrogen-bond donors (Lipinski definition) is 3. The molecule has 0 saturated heterocycles. The van der Waals surface area contributed by atoms with E-state index in [1.165, 1.54) is 186 Å². The van der Waals surface area contributed by atoms with E-state index >= 15 is 0 Å². The Kier molecular flexibility index (Phi) is 41.3. The molecule has 0 aliphatic heterocycles. The van der Waals surface area contributed by atoms with Crippen LogP contribution in [0.2, 0.25) is 0 Å². The van der Waals surface area contributed by atoms with Crippen LogP contribution in [0, 0.1) is 0 Å². The molecule has 2 unspecified atom stereocenters. The maximum absolute atomic E-state index is 12.4. The van der Waals surface area contributed by atoms with Crippen molar-refractivity contribution in [3.05, 3.63) is 24.3 Å². The quantitative estimate of drug-likeness (QED) is 0.0438. The van der Waals surface area contributed by atoms with E-state index < -0.39 is 12.1 Å². The fourth-order valence-electron chi connectivity index (χ4n) is 6.98. The number of nitrogens with one attached hydrogen (secondary N) is 1. The summed E-state index contributed by atoms with van der Waals surface area (Å²) in [6, 6.07) is -0.534. The molecule has 0 aromatic rings. The Morgan fingerprint density at radius 3 is 1.20 bits per heavy atom. The molecule has 50 heavy (non-hydrogen) atoms. The van der Waals surface area contributed by atoms with Gasteiger partial charge in [0.2, 0.25) is 5.91 Å². The van der Waals surface area contributed by atoms with Gasteiger partial charge in [0, 0.05) is 6.42 Å². The van der Waals surface area contributed by atoms with Gasteiger partial charge in [0.05, 0.1) is 18.8 Å². The Morgan fingerprint density at radius 1 is 0.480 bits per heavy atom. The van der Waals surface area contributed by atoms with E-state index in [1.54, 1.807) is 0 Å². The smallest absolute Gasteiger partial charge is 0.220 e. The molecule has 3 N–H and O–H groups in total. The van der Waals surface area contributed by atoms with Crippen molar-refractivity contribution in [2.45, 2.75) is 257 Å². The van der Waals surface area contributed by atoms with Crippen LogP contribution in [0.4, 0.5) is 0 Å². The van der Waals surface area contributed by atoms with Crippen LogP contribution >= 0.6 is 0 Å². The highest BCUT2D eigenvalue weighted by molar-refractivity contribution is 5.76. The van der Waals surface area contributed by atoms with Crippen LogP contribution in [0.1, 0.15) is 245 Å². The lowest BCUT2D eigenvalue weighted by Crippen LogP contribution is -2.45. The van der Waals surface area contributed by atoms with Gasteiger partial charge >= 0.3 is 0 Å². The maximum atomic E-state index is 12.4. The second kappa shape index (κ2) is 42.3. The summed E-state index contributed by atoms with van der Waals surface area (Å²) in [5.41, 5.74) is 0. The summed E-state index contributed by atoms with van der Waals surface area (Å²) in [4.78, 5) is 12.4. The summed E-state index contributed by atoms with van der Waals surface area (Å²) in [6.07, 6.45) is 54.1. The molecule has 0 aromatic carbocycles. The second-order valence-electron chi connectivity index (χ2n) is 15.5. The molecule has 0 bridgehead atoms. The maximum Gasteiger partial charge on any atom is 0.220 e. The molecule has 4 heteroatoms. The van der Waals surface area contributed by atoms with Gasteiger partial charge in [-0.2, -0.15) is 0 Å². The van der Waals surface area contributed by atoms with Crippen LogP contribution in [0.3, 0.4) is 0 Å². The average molecular weight is 704 g/mol. The normalized spacial score (nSPS) is 13.1. The number of aliphatic hydroxyl groups excluding tert-OH is 2. The first-order chi connectivity index (χ1) is 24.7. The van der Waals surface area contributed by atoms with Crippen molar-refractivity contribution in [3.8, 4) is 0 Å². The molecular weight excluding hydrogens is 615 g/mol. The van der Waals surface area contributed by atoms with E-state index in [-0.39, 0.29) is 12.5 Å². The third-order valence-electron chi connectivity index (χ3n) is 10.5. The zero-order valence-corrected chi connectivity index (χ0v) is 33.9. The van der Waals surface area contributed by atoms with Crippen molar-refractivity contribution >= 4 is 5.91 Å². The van der Waals surface area contributed by atoms with Gasteiger partial charge in [0.25, 0.3) is 0 Å². The largest absolute Gasteiger partial charge is 0.394 e. The van der Waals surface area contributed by atoms with Crippen molar-refractivity contribution in [3.63, 3.8) is 0 Å². The minimum Gasteiger partial charge on any atom is -0.394 e. The number of amides is 1. The first-order valence-corrected chi connectivity index (χ1v) is 22.5. The third-order valence-corrected chi connectivity index (χ3v) is 10.5. The standard InChI is InChI=1S/C46H89NO3/c1-3-5-7-9-11-13-15-16-17-18-19-20-21-22-23-24-25-26-27-28-29-30-32-34-36-38-40-42-46(50)47-44(43-48)45(49)41-39-37-35-33-31-14-12-10-8-6-4-2/h19-20,22-23,44-45,48-49H,3-18,21,24-43H2,1-2H3,(H,47,50)/b20-19-,23-22-. The molecule has 0 rings (SSSR count). The fourth-order valence-corrected chi connectivity index (χ4v) is 6.98. The van der Waals surface area contributed by atoms with Crippen molar-refractivity contribution in [1.82, 2.24) is 5.32 Å². The van der Waals surface area contributed by atoms with Crippen LogP contribution in [0.25, 0.3) is 0 Å². The van der Waals surface area contributed by atoms with Crippen LogP contribution in [0.5, 0.6) is 0 Å². The lowest BCUT2D eigenvalue weighted by molar-refractivity contribution is -0.123. The van der Waals surface area contributed by atoms with Gasteiger partial charge in [-0.05, 0) is 44.9 Å². The summed E-state index contributed by atoms with van der Waals surface area (Å²) in [7, 11) is 0. The van der Waals surface area contributed by atoms with Crippen LogP contribution < -0.4 is 5.32 Å². The van der Waals surface area contributed by atoms with E-state index in [1.807, 2.05) is 0 Å². The van der Waals surface area contributed by atoms with Gasteiger partial charge < -0.3 is 15.5 Å². The zero-order chi connectivity index (χ0) is 36.4. The lowest BCUT2D eigenvalue weighted by Gasteiger charge is -2.22. The summed E-state index contributed by atoms with van der Waals surface area (Å²) < 4.78 is 0. The predicted molar refractivity (Wildman–Crippen MR) is 221 cm³/mol. The van der Waals surface area contributed by atoms with E-state index in [0.29, 0.717) is 12.8 Å². The second-order valence-corrected chi connectivity index (χ2v) is 15.5.